The highest BCUT2D eigenvalue weighted by Gasteiger charge is 2.11. The minimum Gasteiger partial charge on any atom is -0.359 e. The van der Waals surface area contributed by atoms with Crippen LogP contribution in [0.4, 0.5) is 0 Å². The van der Waals surface area contributed by atoms with E-state index >= 15 is 0 Å². The first-order valence-corrected chi connectivity index (χ1v) is 6.57. The highest BCUT2D eigenvalue weighted by atomic mass is 16.7. The number of hydrogen-bond acceptors (Lipinski definition) is 2. The molecule has 2 rings (SSSR count). The Hall–Kier alpha value is -1.64. The van der Waals surface area contributed by atoms with E-state index in [2.05, 4.69) is 48.5 Å². The predicted octanol–water partition coefficient (Wildman–Crippen LogP) is 3.46. The maximum atomic E-state index is 5.78. The molecule has 0 unspecified atom stereocenters. The Labute approximate surface area is 115 Å². The summed E-state index contributed by atoms with van der Waals surface area (Å²) >= 11 is 0. The molecule has 0 fully saturated rings. The van der Waals surface area contributed by atoms with Crippen molar-refractivity contribution in [2.24, 2.45) is 0 Å². The zero-order chi connectivity index (χ0) is 13.3. The summed E-state index contributed by atoms with van der Waals surface area (Å²) in [5, 5.41) is 0. The zero-order valence-electron chi connectivity index (χ0n) is 11.3. The van der Waals surface area contributed by atoms with Crippen molar-refractivity contribution in [2.75, 3.05) is 13.9 Å². The van der Waals surface area contributed by atoms with E-state index in [9.17, 15) is 0 Å². The first-order valence-electron chi connectivity index (χ1n) is 6.57. The van der Waals surface area contributed by atoms with Crippen molar-refractivity contribution in [3.63, 3.8) is 0 Å². The lowest BCUT2D eigenvalue weighted by atomic mass is 10.0. The molecule has 2 heteroatoms. The van der Waals surface area contributed by atoms with Gasteiger partial charge in [-0.05, 0) is 24.0 Å². The minimum atomic E-state index is 0.143. The molecule has 2 aromatic rings. The second-order valence-electron chi connectivity index (χ2n) is 4.57. The summed E-state index contributed by atoms with van der Waals surface area (Å²) in [7, 11) is 1.65. The van der Waals surface area contributed by atoms with Gasteiger partial charge in [-0.25, -0.2) is 0 Å². The lowest BCUT2D eigenvalue weighted by molar-refractivity contribution is -0.0707. The summed E-state index contributed by atoms with van der Waals surface area (Å²) in [6, 6.07) is 20.8. The molecule has 0 saturated heterocycles. The van der Waals surface area contributed by atoms with E-state index in [0.717, 1.165) is 12.8 Å². The SMILES string of the molecule is COCOC(Cc1ccccc1)Cc1ccccc1. The van der Waals surface area contributed by atoms with E-state index in [1.54, 1.807) is 7.11 Å². The van der Waals surface area contributed by atoms with E-state index < -0.39 is 0 Å². The fourth-order valence-electron chi connectivity index (χ4n) is 2.11. The summed E-state index contributed by atoms with van der Waals surface area (Å²) in [6.45, 7) is 0.338. The van der Waals surface area contributed by atoms with Crippen LogP contribution in [0.5, 0.6) is 0 Å². The molecule has 2 nitrogen and oxygen atoms in total. The van der Waals surface area contributed by atoms with Crippen molar-refractivity contribution in [1.29, 1.82) is 0 Å². The maximum absolute atomic E-state index is 5.78. The summed E-state index contributed by atoms with van der Waals surface area (Å²) in [4.78, 5) is 0. The van der Waals surface area contributed by atoms with E-state index in [4.69, 9.17) is 9.47 Å². The summed E-state index contributed by atoms with van der Waals surface area (Å²) in [6.07, 6.45) is 1.95. The van der Waals surface area contributed by atoms with Gasteiger partial charge >= 0.3 is 0 Å². The van der Waals surface area contributed by atoms with Gasteiger partial charge < -0.3 is 9.47 Å². The third-order valence-electron chi connectivity index (χ3n) is 3.03. The summed E-state index contributed by atoms with van der Waals surface area (Å²) < 4.78 is 10.8. The third kappa shape index (κ3) is 4.86. The first-order chi connectivity index (χ1) is 9.38. The van der Waals surface area contributed by atoms with Crippen LogP contribution in [0.15, 0.2) is 60.7 Å². The van der Waals surface area contributed by atoms with Gasteiger partial charge in [0.1, 0.15) is 6.79 Å². The van der Waals surface area contributed by atoms with Gasteiger partial charge in [-0.15, -0.1) is 0 Å². The van der Waals surface area contributed by atoms with Crippen molar-refractivity contribution in [3.05, 3.63) is 71.8 Å². The first kappa shape index (κ1) is 13.8. The van der Waals surface area contributed by atoms with Crippen molar-refractivity contribution in [3.8, 4) is 0 Å². The molecule has 0 aliphatic carbocycles. The number of methoxy groups -OCH3 is 1. The van der Waals surface area contributed by atoms with Gasteiger partial charge in [0.15, 0.2) is 0 Å². The molecule has 19 heavy (non-hydrogen) atoms. The number of ether oxygens (including phenoxy) is 2. The Bertz CT molecular complexity index is 412. The average Bonchev–Trinajstić information content (AvgIpc) is 2.47. The second kappa shape index (κ2) is 7.72. The lowest BCUT2D eigenvalue weighted by Crippen LogP contribution is -2.20. The number of benzene rings is 2. The van der Waals surface area contributed by atoms with Crippen LogP contribution in [0.25, 0.3) is 0 Å². The van der Waals surface area contributed by atoms with Crippen LogP contribution in [0, 0.1) is 0 Å². The van der Waals surface area contributed by atoms with E-state index in [-0.39, 0.29) is 6.10 Å². The van der Waals surface area contributed by atoms with Gasteiger partial charge in [-0.2, -0.15) is 0 Å². The third-order valence-corrected chi connectivity index (χ3v) is 3.03. The molecule has 0 amide bonds. The molecule has 0 aromatic heterocycles. The molecule has 0 N–H and O–H groups in total. The highest BCUT2D eigenvalue weighted by Crippen LogP contribution is 2.12. The van der Waals surface area contributed by atoms with Gasteiger partial charge in [0.25, 0.3) is 0 Å². The topological polar surface area (TPSA) is 18.5 Å². The Morgan fingerprint density at radius 1 is 0.789 bits per heavy atom. The Balaban J connectivity index is 1.99. The second-order valence-corrected chi connectivity index (χ2v) is 4.57. The Kier molecular flexibility index (Phi) is 5.60. The molecule has 0 atom stereocenters. The molecular formula is C17H20O2. The molecular weight excluding hydrogens is 236 g/mol. The van der Waals surface area contributed by atoms with Crippen molar-refractivity contribution in [1.82, 2.24) is 0 Å². The van der Waals surface area contributed by atoms with Gasteiger partial charge in [-0.1, -0.05) is 60.7 Å². The monoisotopic (exact) mass is 256 g/mol. The highest BCUT2D eigenvalue weighted by molar-refractivity contribution is 5.19. The number of rotatable bonds is 7. The van der Waals surface area contributed by atoms with E-state index in [1.807, 2.05) is 12.1 Å². The van der Waals surface area contributed by atoms with Crippen LogP contribution < -0.4 is 0 Å². The molecule has 0 bridgehead atoms. The van der Waals surface area contributed by atoms with Crippen LogP contribution in [0.3, 0.4) is 0 Å². The van der Waals surface area contributed by atoms with Gasteiger partial charge in [0, 0.05) is 7.11 Å². The van der Waals surface area contributed by atoms with Crippen LogP contribution in [-0.2, 0) is 22.3 Å². The minimum absolute atomic E-state index is 0.143. The fourth-order valence-corrected chi connectivity index (χ4v) is 2.11. The molecule has 0 heterocycles. The Morgan fingerprint density at radius 2 is 1.26 bits per heavy atom. The molecule has 0 spiro atoms. The number of hydrogen-bond donors (Lipinski definition) is 0. The predicted molar refractivity (Wildman–Crippen MR) is 77.0 cm³/mol. The van der Waals surface area contributed by atoms with Crippen molar-refractivity contribution in [2.45, 2.75) is 18.9 Å². The molecule has 100 valence electrons. The van der Waals surface area contributed by atoms with Gasteiger partial charge in [0.2, 0.25) is 0 Å². The molecule has 0 radical (unpaired) electrons. The largest absolute Gasteiger partial charge is 0.359 e. The van der Waals surface area contributed by atoms with Crippen LogP contribution >= 0.6 is 0 Å². The van der Waals surface area contributed by atoms with Crippen LogP contribution in [-0.4, -0.2) is 20.0 Å². The van der Waals surface area contributed by atoms with Crippen LogP contribution in [0.2, 0.25) is 0 Å². The normalized spacial score (nSPS) is 10.8. The van der Waals surface area contributed by atoms with E-state index in [1.165, 1.54) is 11.1 Å². The van der Waals surface area contributed by atoms with Crippen molar-refractivity contribution >= 4 is 0 Å². The molecule has 0 aliphatic rings. The van der Waals surface area contributed by atoms with Gasteiger partial charge in [0.05, 0.1) is 6.10 Å². The van der Waals surface area contributed by atoms with Crippen LogP contribution in [0.1, 0.15) is 11.1 Å². The molecule has 2 aromatic carbocycles. The standard InChI is InChI=1S/C17H20O2/c1-18-14-19-17(12-15-8-4-2-5-9-15)13-16-10-6-3-7-11-16/h2-11,17H,12-14H2,1H3. The average molecular weight is 256 g/mol. The Morgan fingerprint density at radius 3 is 1.68 bits per heavy atom. The zero-order valence-corrected chi connectivity index (χ0v) is 11.3. The fraction of sp³-hybridized carbons (Fsp3) is 0.294. The maximum Gasteiger partial charge on any atom is 0.146 e. The van der Waals surface area contributed by atoms with Gasteiger partial charge in [-0.3, -0.25) is 0 Å². The summed E-state index contributed by atoms with van der Waals surface area (Å²) in [5.74, 6) is 0. The quantitative estimate of drug-likeness (QED) is 0.706. The molecule has 0 aliphatic heterocycles. The molecule has 0 saturated carbocycles. The smallest absolute Gasteiger partial charge is 0.146 e. The van der Waals surface area contributed by atoms with E-state index in [0.29, 0.717) is 6.79 Å². The van der Waals surface area contributed by atoms with Crippen molar-refractivity contribution < 1.29 is 9.47 Å². The summed E-state index contributed by atoms with van der Waals surface area (Å²) in [5.41, 5.74) is 2.58. The lowest BCUT2D eigenvalue weighted by Gasteiger charge is -2.17.